The molecule has 4 heteroatoms. The van der Waals surface area contributed by atoms with Crippen LogP contribution in [0.15, 0.2) is 106 Å². The first-order chi connectivity index (χ1) is 15.5. The molecule has 164 valence electrons. The first kappa shape index (κ1) is 22.2. The monoisotopic (exact) mass is 442 g/mol. The normalized spacial score (nSPS) is 19.5. The third-order valence-electron chi connectivity index (χ3n) is 6.00. The lowest BCUT2D eigenvalue weighted by atomic mass is 9.84. The van der Waals surface area contributed by atoms with Crippen LogP contribution in [0.25, 0.3) is 5.76 Å². The lowest BCUT2D eigenvalue weighted by molar-refractivity contribution is 0.430. The number of aryl methyl sites for hydroxylation is 1. The van der Waals surface area contributed by atoms with E-state index in [1.165, 1.54) is 5.56 Å². The Morgan fingerprint density at radius 2 is 1.78 bits per heavy atom. The SMILES string of the molecule is CC1=C(/C(=C(\O)c2ccccc2)C2C=CC=CC2)C(Sc2ccc(C)cc2)=NCCN1C. The van der Waals surface area contributed by atoms with Gasteiger partial charge in [-0.3, -0.25) is 4.99 Å². The van der Waals surface area contributed by atoms with Gasteiger partial charge in [0.1, 0.15) is 10.8 Å². The molecule has 1 heterocycles. The van der Waals surface area contributed by atoms with Crippen molar-refractivity contribution < 1.29 is 5.11 Å². The zero-order valence-electron chi connectivity index (χ0n) is 19.0. The van der Waals surface area contributed by atoms with Crippen LogP contribution in [-0.4, -0.2) is 35.2 Å². The topological polar surface area (TPSA) is 35.8 Å². The average Bonchev–Trinajstić information content (AvgIpc) is 2.96. The van der Waals surface area contributed by atoms with E-state index in [0.717, 1.165) is 51.9 Å². The van der Waals surface area contributed by atoms with Gasteiger partial charge in [0.2, 0.25) is 0 Å². The maximum absolute atomic E-state index is 11.6. The maximum atomic E-state index is 11.6. The Kier molecular flexibility index (Phi) is 7.01. The minimum Gasteiger partial charge on any atom is -0.507 e. The van der Waals surface area contributed by atoms with Crippen molar-refractivity contribution in [3.05, 3.63) is 107 Å². The second-order valence-electron chi connectivity index (χ2n) is 8.27. The molecule has 1 atom stereocenters. The molecule has 0 aromatic heterocycles. The largest absolute Gasteiger partial charge is 0.507 e. The van der Waals surface area contributed by atoms with E-state index in [0.29, 0.717) is 5.76 Å². The van der Waals surface area contributed by atoms with E-state index in [1.54, 1.807) is 11.8 Å². The molecule has 2 aliphatic rings. The standard InChI is InChI=1S/C28H30N2OS/c1-20-14-16-24(17-15-20)32-28-25(21(2)30(3)19-18-29-28)26(22-10-6-4-7-11-22)27(31)23-12-8-5-9-13-23/h4-10,12-17,22,31H,11,18-19H2,1-3H3/b27-26-. The molecule has 0 radical (unpaired) electrons. The Balaban J connectivity index is 1.88. The van der Waals surface area contributed by atoms with Gasteiger partial charge in [0, 0.05) is 46.8 Å². The van der Waals surface area contributed by atoms with Crippen molar-refractivity contribution in [3.8, 4) is 0 Å². The molecule has 1 aliphatic heterocycles. The molecular weight excluding hydrogens is 412 g/mol. The highest BCUT2D eigenvalue weighted by Gasteiger charge is 2.29. The molecule has 0 bridgehead atoms. The highest BCUT2D eigenvalue weighted by Crippen LogP contribution is 2.39. The molecule has 32 heavy (non-hydrogen) atoms. The summed E-state index contributed by atoms with van der Waals surface area (Å²) in [6.07, 6.45) is 9.36. The fraction of sp³-hybridized carbons (Fsp3) is 0.250. The van der Waals surface area contributed by atoms with E-state index in [4.69, 9.17) is 4.99 Å². The van der Waals surface area contributed by atoms with Crippen molar-refractivity contribution in [1.29, 1.82) is 0 Å². The van der Waals surface area contributed by atoms with Crippen LogP contribution in [0.1, 0.15) is 24.5 Å². The van der Waals surface area contributed by atoms with E-state index in [2.05, 4.69) is 74.4 Å². The minimum atomic E-state index is 0.0838. The smallest absolute Gasteiger partial charge is 0.127 e. The first-order valence-corrected chi connectivity index (χ1v) is 11.9. The van der Waals surface area contributed by atoms with Gasteiger partial charge in [-0.05, 0) is 32.4 Å². The number of benzene rings is 2. The summed E-state index contributed by atoms with van der Waals surface area (Å²) in [6, 6.07) is 18.4. The van der Waals surface area contributed by atoms with Crippen LogP contribution in [-0.2, 0) is 0 Å². The van der Waals surface area contributed by atoms with Crippen LogP contribution in [0.3, 0.4) is 0 Å². The van der Waals surface area contributed by atoms with Gasteiger partial charge in [0.15, 0.2) is 0 Å². The molecule has 0 saturated carbocycles. The van der Waals surface area contributed by atoms with Crippen LogP contribution >= 0.6 is 11.8 Å². The van der Waals surface area contributed by atoms with E-state index in [-0.39, 0.29) is 5.92 Å². The van der Waals surface area contributed by atoms with E-state index < -0.39 is 0 Å². The van der Waals surface area contributed by atoms with Gasteiger partial charge < -0.3 is 10.0 Å². The zero-order valence-corrected chi connectivity index (χ0v) is 19.8. The highest BCUT2D eigenvalue weighted by molar-refractivity contribution is 8.14. The number of thioether (sulfide) groups is 1. The van der Waals surface area contributed by atoms with Gasteiger partial charge in [0.05, 0.1) is 6.54 Å². The molecule has 1 N–H and O–H groups in total. The molecule has 0 fully saturated rings. The van der Waals surface area contributed by atoms with Crippen LogP contribution < -0.4 is 0 Å². The second-order valence-corrected chi connectivity index (χ2v) is 9.33. The van der Waals surface area contributed by atoms with Crippen molar-refractivity contribution in [2.45, 2.75) is 25.2 Å². The maximum Gasteiger partial charge on any atom is 0.127 e. The predicted octanol–water partition coefficient (Wildman–Crippen LogP) is 6.81. The summed E-state index contributed by atoms with van der Waals surface area (Å²) in [5, 5.41) is 12.6. The third kappa shape index (κ3) is 4.91. The number of aliphatic hydroxyl groups excluding tert-OH is 1. The highest BCUT2D eigenvalue weighted by atomic mass is 32.2. The molecular formula is C28H30N2OS. The van der Waals surface area contributed by atoms with Gasteiger partial charge in [-0.15, -0.1) is 0 Å². The summed E-state index contributed by atoms with van der Waals surface area (Å²) in [6.45, 7) is 5.83. The third-order valence-corrected chi connectivity index (χ3v) is 7.03. The van der Waals surface area contributed by atoms with Gasteiger partial charge in [-0.25, -0.2) is 0 Å². The average molecular weight is 443 g/mol. The quantitative estimate of drug-likeness (QED) is 0.529. The number of nitrogens with zero attached hydrogens (tertiary/aromatic N) is 2. The number of aliphatic imine (C=N–C) groups is 1. The predicted molar refractivity (Wildman–Crippen MR) is 137 cm³/mol. The Hall–Kier alpha value is -2.98. The van der Waals surface area contributed by atoms with Gasteiger partial charge in [-0.2, -0.15) is 0 Å². The van der Waals surface area contributed by atoms with Crippen molar-refractivity contribution in [1.82, 2.24) is 4.90 Å². The Morgan fingerprint density at radius 3 is 2.47 bits per heavy atom. The van der Waals surface area contributed by atoms with Crippen molar-refractivity contribution in [2.24, 2.45) is 10.9 Å². The van der Waals surface area contributed by atoms with Crippen LogP contribution in [0.5, 0.6) is 0 Å². The Bertz CT molecular complexity index is 1110. The number of allylic oxidation sites excluding steroid dienone is 6. The molecule has 0 spiro atoms. The summed E-state index contributed by atoms with van der Waals surface area (Å²) in [7, 11) is 2.11. The zero-order chi connectivity index (χ0) is 22.5. The number of likely N-dealkylation sites (N-methyl/N-ethyl adjacent to an activating group) is 1. The Morgan fingerprint density at radius 1 is 1.03 bits per heavy atom. The Labute approximate surface area is 195 Å². The molecule has 3 nitrogen and oxygen atoms in total. The van der Waals surface area contributed by atoms with Crippen molar-refractivity contribution in [2.75, 3.05) is 20.1 Å². The van der Waals surface area contributed by atoms with E-state index in [9.17, 15) is 5.11 Å². The van der Waals surface area contributed by atoms with E-state index in [1.807, 2.05) is 30.3 Å². The summed E-state index contributed by atoms with van der Waals surface area (Å²) in [5.41, 5.74) is 5.20. The van der Waals surface area contributed by atoms with Crippen LogP contribution in [0, 0.1) is 12.8 Å². The number of hydrogen-bond acceptors (Lipinski definition) is 4. The van der Waals surface area contributed by atoms with Gasteiger partial charge >= 0.3 is 0 Å². The summed E-state index contributed by atoms with van der Waals surface area (Å²) < 4.78 is 0. The van der Waals surface area contributed by atoms with Crippen molar-refractivity contribution in [3.63, 3.8) is 0 Å². The molecule has 1 aliphatic carbocycles. The second kappa shape index (κ2) is 10.1. The van der Waals surface area contributed by atoms with Gasteiger partial charge in [0.25, 0.3) is 0 Å². The number of rotatable bonds is 4. The summed E-state index contributed by atoms with van der Waals surface area (Å²) in [5.74, 6) is 0.415. The first-order valence-electron chi connectivity index (χ1n) is 11.1. The number of hydrogen-bond donors (Lipinski definition) is 1. The summed E-state index contributed by atoms with van der Waals surface area (Å²) in [4.78, 5) is 8.41. The lowest BCUT2D eigenvalue weighted by Crippen LogP contribution is -2.21. The van der Waals surface area contributed by atoms with Crippen molar-refractivity contribution >= 4 is 22.6 Å². The molecule has 4 rings (SSSR count). The molecule has 2 aromatic carbocycles. The van der Waals surface area contributed by atoms with Crippen LogP contribution in [0.2, 0.25) is 0 Å². The molecule has 2 aromatic rings. The minimum absolute atomic E-state index is 0.0838. The lowest BCUT2D eigenvalue weighted by Gasteiger charge is -2.27. The fourth-order valence-corrected chi connectivity index (χ4v) is 5.04. The van der Waals surface area contributed by atoms with Gasteiger partial charge in [-0.1, -0.05) is 84.1 Å². The van der Waals surface area contributed by atoms with E-state index >= 15 is 0 Å². The fourth-order valence-electron chi connectivity index (χ4n) is 4.03. The molecule has 0 amide bonds. The summed E-state index contributed by atoms with van der Waals surface area (Å²) >= 11 is 1.68. The number of aliphatic hydroxyl groups is 1. The molecule has 0 saturated heterocycles. The molecule has 1 unspecified atom stereocenters. The van der Waals surface area contributed by atoms with Crippen LogP contribution in [0.4, 0.5) is 0 Å².